The van der Waals surface area contributed by atoms with Gasteiger partial charge in [0.15, 0.2) is 0 Å². The zero-order valence-electron chi connectivity index (χ0n) is 3.83. The molecule has 54 valence electrons. The van der Waals surface area contributed by atoms with Crippen molar-refractivity contribution in [1.29, 1.82) is 0 Å². The molecule has 0 bridgehead atoms. The third-order valence-corrected chi connectivity index (χ3v) is 2.45. The summed E-state index contributed by atoms with van der Waals surface area (Å²) in [4.78, 5) is 15.9. The smallest absolute Gasteiger partial charge is 0.302 e. The van der Waals surface area contributed by atoms with Crippen LogP contribution < -0.4 is 0 Å². The largest absolute Gasteiger partial charge is 0.539 e. The fourth-order valence-corrected chi connectivity index (χ4v) is 1.66. The molecule has 1 fully saturated rings. The van der Waals surface area contributed by atoms with E-state index in [0.717, 1.165) is 0 Å². The summed E-state index contributed by atoms with van der Waals surface area (Å²) >= 11 is 0. The van der Waals surface area contributed by atoms with Crippen LogP contribution in [-0.4, -0.2) is 9.79 Å². The number of phosphoric acid groups is 2. The summed E-state index contributed by atoms with van der Waals surface area (Å²) < 4.78 is 30.7. The summed E-state index contributed by atoms with van der Waals surface area (Å²) in [5.74, 6) is 0. The molecule has 1 saturated heterocycles. The molecule has 0 aromatic rings. The summed E-state index contributed by atoms with van der Waals surface area (Å²) in [6.45, 7) is 0. The molecule has 0 radical (unpaired) electrons. The monoisotopic (exact) mass is 176 g/mol. The van der Waals surface area contributed by atoms with E-state index in [4.69, 9.17) is 9.79 Å². The first-order chi connectivity index (χ1) is 3.91. The van der Waals surface area contributed by atoms with Crippen LogP contribution in [0.2, 0.25) is 0 Å². The molecule has 0 aliphatic carbocycles. The van der Waals surface area contributed by atoms with Gasteiger partial charge in [0.1, 0.15) is 0 Å². The number of hydrogen-bond donors (Lipinski definition) is 2. The molecule has 9 heavy (non-hydrogen) atoms. The van der Waals surface area contributed by atoms with Gasteiger partial charge in [-0.25, -0.2) is 9.13 Å². The van der Waals surface area contributed by atoms with Crippen molar-refractivity contribution < 1.29 is 32.6 Å². The second kappa shape index (κ2) is 1.87. The Morgan fingerprint density at radius 2 is 1.89 bits per heavy atom. The van der Waals surface area contributed by atoms with Crippen molar-refractivity contribution in [2.45, 2.75) is 0 Å². The first-order valence-corrected chi connectivity index (χ1v) is 4.65. The molecule has 0 aromatic heterocycles. The van der Waals surface area contributed by atoms with E-state index in [0.29, 0.717) is 0 Å². The highest BCUT2D eigenvalue weighted by molar-refractivity contribution is 7.63. The Balaban J connectivity index is 2.53. The number of hydrogen-bond acceptors (Lipinski definition) is 5. The third-order valence-electron chi connectivity index (χ3n) is 0.403. The summed E-state index contributed by atoms with van der Waals surface area (Å²) in [5.41, 5.74) is 0. The van der Waals surface area contributed by atoms with Crippen LogP contribution in [0.15, 0.2) is 0 Å². The van der Waals surface area contributed by atoms with E-state index in [2.05, 4.69) is 13.7 Å². The Kier molecular flexibility index (Phi) is 1.53. The summed E-state index contributed by atoms with van der Waals surface area (Å²) in [7, 11) is -8.54. The quantitative estimate of drug-likeness (QED) is 0.350. The molecule has 0 amide bonds. The lowest BCUT2D eigenvalue weighted by Gasteiger charge is -1.94. The van der Waals surface area contributed by atoms with E-state index >= 15 is 0 Å². The van der Waals surface area contributed by atoms with Crippen LogP contribution in [0.4, 0.5) is 0 Å². The number of rotatable bonds is 2. The lowest BCUT2D eigenvalue weighted by molar-refractivity contribution is 0.0850. The zero-order chi connectivity index (χ0) is 7.12. The van der Waals surface area contributed by atoms with Gasteiger partial charge in [0, 0.05) is 0 Å². The first kappa shape index (κ1) is 7.37. The summed E-state index contributed by atoms with van der Waals surface area (Å²) in [6.07, 6.45) is 0. The van der Waals surface area contributed by atoms with Crippen LogP contribution in [0.3, 0.4) is 0 Å². The van der Waals surface area contributed by atoms with Crippen molar-refractivity contribution in [3.05, 3.63) is 0 Å². The van der Waals surface area contributed by atoms with Crippen molar-refractivity contribution in [1.82, 2.24) is 0 Å². The first-order valence-electron chi connectivity index (χ1n) is 1.66. The Labute approximate surface area is 49.3 Å². The summed E-state index contributed by atoms with van der Waals surface area (Å²) in [6, 6.07) is 0. The SMILES string of the molecule is O=P(O)(O)OP1(=O)OO1. The standard InChI is InChI=1S/H2O7P2/c1-8(2,3)7-9(4)5-6-9/h(H2,1,2,3). The van der Waals surface area contributed by atoms with Crippen molar-refractivity contribution in [3.63, 3.8) is 0 Å². The molecule has 1 rings (SSSR count). The van der Waals surface area contributed by atoms with Gasteiger partial charge in [-0.1, -0.05) is 0 Å². The molecular weight excluding hydrogens is 174 g/mol. The van der Waals surface area contributed by atoms with Gasteiger partial charge in [0.25, 0.3) is 0 Å². The van der Waals surface area contributed by atoms with Crippen molar-refractivity contribution in [3.8, 4) is 0 Å². The molecule has 0 atom stereocenters. The lowest BCUT2D eigenvalue weighted by atomic mass is 15.0. The second-order valence-corrected chi connectivity index (χ2v) is 4.00. The van der Waals surface area contributed by atoms with E-state index in [1.165, 1.54) is 0 Å². The fraction of sp³-hybridized carbons (Fsp3) is 0. The van der Waals surface area contributed by atoms with Gasteiger partial charge in [0.05, 0.1) is 0 Å². The Hall–Kier alpha value is 0.260. The minimum atomic E-state index is -4.74. The maximum Gasteiger partial charge on any atom is 0.539 e. The minimum absolute atomic E-state index is 3.51. The highest BCUT2D eigenvalue weighted by atomic mass is 31.3. The topological polar surface area (TPSA) is 109 Å². The van der Waals surface area contributed by atoms with Gasteiger partial charge >= 0.3 is 15.6 Å². The molecule has 0 aromatic carbocycles. The molecule has 9 heteroatoms. The van der Waals surface area contributed by atoms with Crippen LogP contribution in [0, 0.1) is 0 Å². The highest BCUT2D eigenvalue weighted by Gasteiger charge is 2.51. The van der Waals surface area contributed by atoms with Gasteiger partial charge < -0.3 is 9.79 Å². The van der Waals surface area contributed by atoms with Crippen LogP contribution in [-0.2, 0) is 22.8 Å². The van der Waals surface area contributed by atoms with Crippen molar-refractivity contribution >= 4 is 15.6 Å². The fourth-order valence-electron chi connectivity index (χ4n) is 0.185. The molecular formula is H2O7P2. The van der Waals surface area contributed by atoms with E-state index in [1.807, 2.05) is 0 Å². The highest BCUT2D eigenvalue weighted by Crippen LogP contribution is 2.72. The van der Waals surface area contributed by atoms with Gasteiger partial charge in [-0.2, -0.15) is 4.31 Å². The van der Waals surface area contributed by atoms with Crippen LogP contribution >= 0.6 is 15.6 Å². The Morgan fingerprint density at radius 3 is 2.00 bits per heavy atom. The van der Waals surface area contributed by atoms with Crippen molar-refractivity contribution in [2.75, 3.05) is 0 Å². The maximum absolute atomic E-state index is 10.2. The van der Waals surface area contributed by atoms with Gasteiger partial charge in [-0.05, 0) is 0 Å². The normalized spacial score (nSPS) is 23.8. The molecule has 0 spiro atoms. The second-order valence-electron chi connectivity index (χ2n) is 1.17. The van der Waals surface area contributed by atoms with E-state index < -0.39 is 15.6 Å². The molecule has 1 aliphatic heterocycles. The van der Waals surface area contributed by atoms with Gasteiger partial charge in [0.2, 0.25) is 0 Å². The minimum Gasteiger partial charge on any atom is -0.302 e. The van der Waals surface area contributed by atoms with Gasteiger partial charge in [-0.15, -0.1) is 9.35 Å². The van der Waals surface area contributed by atoms with Crippen molar-refractivity contribution in [2.24, 2.45) is 0 Å². The Bertz CT molecular complexity index is 183. The van der Waals surface area contributed by atoms with Crippen LogP contribution in [0.5, 0.6) is 0 Å². The predicted molar refractivity (Wildman–Crippen MR) is 22.9 cm³/mol. The third kappa shape index (κ3) is 2.55. The molecule has 1 aliphatic rings. The van der Waals surface area contributed by atoms with Crippen LogP contribution in [0.25, 0.3) is 0 Å². The van der Waals surface area contributed by atoms with E-state index in [1.54, 1.807) is 0 Å². The maximum atomic E-state index is 10.2. The van der Waals surface area contributed by atoms with Crippen LogP contribution in [0.1, 0.15) is 0 Å². The lowest BCUT2D eigenvalue weighted by Crippen LogP contribution is -1.76. The van der Waals surface area contributed by atoms with Gasteiger partial charge in [-0.3, -0.25) is 0 Å². The Morgan fingerprint density at radius 1 is 1.44 bits per heavy atom. The molecule has 0 unspecified atom stereocenters. The average molecular weight is 176 g/mol. The summed E-state index contributed by atoms with van der Waals surface area (Å²) in [5, 5.41) is 0. The average Bonchev–Trinajstić information content (AvgIpc) is 2.12. The molecule has 2 N–H and O–H groups in total. The zero-order valence-corrected chi connectivity index (χ0v) is 5.62. The predicted octanol–water partition coefficient (Wildman–Crippen LogP) is 0.166. The molecule has 0 saturated carbocycles. The van der Waals surface area contributed by atoms with E-state index in [9.17, 15) is 9.13 Å². The molecule has 1 heterocycles. The van der Waals surface area contributed by atoms with E-state index in [-0.39, 0.29) is 0 Å². The molecule has 7 nitrogen and oxygen atoms in total.